The van der Waals surface area contributed by atoms with Crippen LogP contribution >= 0.6 is 11.6 Å². The number of pyridine rings is 1. The summed E-state index contributed by atoms with van der Waals surface area (Å²) in [6, 6.07) is 5.09. The van der Waals surface area contributed by atoms with Crippen LogP contribution in [0.2, 0.25) is 5.02 Å². The highest BCUT2D eigenvalue weighted by molar-refractivity contribution is 6.32. The number of carbonyl (C=O) groups excluding carboxylic acids is 1. The molecule has 23 heavy (non-hydrogen) atoms. The van der Waals surface area contributed by atoms with E-state index in [4.69, 9.17) is 25.8 Å². The van der Waals surface area contributed by atoms with Gasteiger partial charge < -0.3 is 19.2 Å². The van der Waals surface area contributed by atoms with Gasteiger partial charge in [-0.15, -0.1) is 0 Å². The summed E-state index contributed by atoms with van der Waals surface area (Å²) < 4.78 is 15.9. The Bertz CT molecular complexity index is 889. The molecule has 0 saturated heterocycles. The van der Waals surface area contributed by atoms with Gasteiger partial charge in [0.05, 0.1) is 17.0 Å². The molecule has 0 spiro atoms. The van der Waals surface area contributed by atoms with Gasteiger partial charge in [0.15, 0.2) is 11.5 Å². The van der Waals surface area contributed by atoms with E-state index in [0.717, 1.165) is 0 Å². The maximum absolute atomic E-state index is 12.4. The van der Waals surface area contributed by atoms with Crippen molar-refractivity contribution >= 4 is 17.6 Å². The Hall–Kier alpha value is -2.47. The van der Waals surface area contributed by atoms with Crippen molar-refractivity contribution in [2.45, 2.75) is 19.3 Å². The van der Waals surface area contributed by atoms with E-state index < -0.39 is 5.92 Å². The third-order valence-electron chi connectivity index (χ3n) is 3.96. The number of hydrogen-bond donors (Lipinski definition) is 1. The molecule has 6 nitrogen and oxygen atoms in total. The molecule has 7 heteroatoms. The van der Waals surface area contributed by atoms with Crippen LogP contribution in [0.15, 0.2) is 23.0 Å². The second-order valence-electron chi connectivity index (χ2n) is 5.53. The van der Waals surface area contributed by atoms with E-state index in [9.17, 15) is 9.59 Å². The van der Waals surface area contributed by atoms with Crippen molar-refractivity contribution in [1.82, 2.24) is 4.98 Å². The quantitative estimate of drug-likeness (QED) is 0.811. The summed E-state index contributed by atoms with van der Waals surface area (Å²) in [5.74, 6) is 0.452. The molecule has 118 valence electrons. The molecule has 1 aromatic heterocycles. The van der Waals surface area contributed by atoms with E-state index in [1.165, 1.54) is 0 Å². The van der Waals surface area contributed by atoms with Crippen LogP contribution in [0.25, 0.3) is 0 Å². The molecule has 4 rings (SSSR count). The minimum absolute atomic E-state index is 0.0646. The van der Waals surface area contributed by atoms with Crippen LogP contribution in [0.1, 0.15) is 29.2 Å². The van der Waals surface area contributed by atoms with Gasteiger partial charge in [0, 0.05) is 17.7 Å². The third-order valence-corrected chi connectivity index (χ3v) is 4.24. The van der Waals surface area contributed by atoms with Crippen molar-refractivity contribution in [1.29, 1.82) is 0 Å². The Morgan fingerprint density at radius 2 is 2.00 bits per heavy atom. The Morgan fingerprint density at radius 3 is 2.83 bits per heavy atom. The molecule has 0 fully saturated rings. The Kier molecular flexibility index (Phi) is 3.09. The van der Waals surface area contributed by atoms with Crippen LogP contribution in [0.5, 0.6) is 17.2 Å². The summed E-state index contributed by atoms with van der Waals surface area (Å²) in [6.07, 6.45) is 0.0646. The molecule has 0 saturated carbocycles. The number of aryl methyl sites for hydroxylation is 1. The van der Waals surface area contributed by atoms with Crippen LogP contribution in [0, 0.1) is 6.92 Å². The highest BCUT2D eigenvalue weighted by Crippen LogP contribution is 2.44. The highest BCUT2D eigenvalue weighted by Gasteiger charge is 2.33. The van der Waals surface area contributed by atoms with Gasteiger partial charge in [0.25, 0.3) is 5.56 Å². The molecule has 0 unspecified atom stereocenters. The predicted octanol–water partition coefficient (Wildman–Crippen LogP) is 2.51. The molecule has 0 amide bonds. The number of rotatable bonds is 1. The lowest BCUT2D eigenvalue weighted by atomic mass is 9.87. The van der Waals surface area contributed by atoms with Gasteiger partial charge >= 0.3 is 5.97 Å². The molecule has 1 atom stereocenters. The maximum atomic E-state index is 12.4. The summed E-state index contributed by atoms with van der Waals surface area (Å²) in [4.78, 5) is 27.0. The van der Waals surface area contributed by atoms with E-state index in [-0.39, 0.29) is 24.7 Å². The number of nitrogens with one attached hydrogen (secondary N) is 1. The molecule has 2 aromatic rings. The summed E-state index contributed by atoms with van der Waals surface area (Å²) in [7, 11) is 0. The molecule has 3 heterocycles. The number of fused-ring (bicyclic) bond motifs is 2. The van der Waals surface area contributed by atoms with Gasteiger partial charge in [0.1, 0.15) is 5.75 Å². The summed E-state index contributed by atoms with van der Waals surface area (Å²) in [6.45, 7) is 1.83. The minimum atomic E-state index is -0.442. The standard InChI is InChI=1S/C16H12ClNO5/c1-7-2-11-14(16(20)18-7)9(5-13(19)23-11)8-3-10(17)15-12(4-8)21-6-22-15/h2-4,9H,5-6H2,1H3,(H,18,20)/t9-/m0/s1. The van der Waals surface area contributed by atoms with E-state index in [1.807, 2.05) is 0 Å². The van der Waals surface area contributed by atoms with Crippen molar-refractivity contribution in [3.8, 4) is 17.2 Å². The second-order valence-corrected chi connectivity index (χ2v) is 5.93. The molecule has 1 N–H and O–H groups in total. The van der Waals surface area contributed by atoms with E-state index in [1.54, 1.807) is 25.1 Å². The third kappa shape index (κ3) is 2.26. The van der Waals surface area contributed by atoms with Crippen LogP contribution in [0.4, 0.5) is 0 Å². The number of hydrogen-bond acceptors (Lipinski definition) is 5. The first kappa shape index (κ1) is 14.1. The second kappa shape index (κ2) is 5.03. The van der Waals surface area contributed by atoms with Gasteiger partial charge in [0.2, 0.25) is 6.79 Å². The largest absolute Gasteiger partial charge is 0.454 e. The first-order chi connectivity index (χ1) is 11.0. The molecule has 0 aliphatic carbocycles. The van der Waals surface area contributed by atoms with Gasteiger partial charge in [-0.3, -0.25) is 9.59 Å². The zero-order valence-electron chi connectivity index (χ0n) is 12.1. The fraction of sp³-hybridized carbons (Fsp3) is 0.250. The highest BCUT2D eigenvalue weighted by atomic mass is 35.5. The molecule has 2 aliphatic rings. The summed E-state index contributed by atoms with van der Waals surface area (Å²) >= 11 is 6.22. The van der Waals surface area contributed by atoms with Crippen molar-refractivity contribution in [2.24, 2.45) is 0 Å². The zero-order valence-corrected chi connectivity index (χ0v) is 12.9. The van der Waals surface area contributed by atoms with Gasteiger partial charge in [-0.1, -0.05) is 11.6 Å². The SMILES string of the molecule is Cc1cc2c(c(=O)[nH]1)[C@H](c1cc(Cl)c3c(c1)OCO3)CC(=O)O2. The number of aromatic nitrogens is 1. The van der Waals surface area contributed by atoms with Gasteiger partial charge in [-0.05, 0) is 24.6 Å². The summed E-state index contributed by atoms with van der Waals surface area (Å²) in [5, 5.41) is 0.388. The van der Waals surface area contributed by atoms with Gasteiger partial charge in [-0.25, -0.2) is 0 Å². The van der Waals surface area contributed by atoms with Crippen molar-refractivity contribution in [2.75, 3.05) is 6.79 Å². The molecule has 2 aliphatic heterocycles. The molecular formula is C16H12ClNO5. The van der Waals surface area contributed by atoms with Crippen LogP contribution in [-0.4, -0.2) is 17.7 Å². The van der Waals surface area contributed by atoms with Crippen LogP contribution < -0.4 is 19.8 Å². The lowest BCUT2D eigenvalue weighted by Crippen LogP contribution is -2.28. The average Bonchev–Trinajstić information content (AvgIpc) is 2.94. The number of ether oxygens (including phenoxy) is 3. The Balaban J connectivity index is 1.90. The molecular weight excluding hydrogens is 322 g/mol. The predicted molar refractivity (Wildman–Crippen MR) is 81.5 cm³/mol. The number of esters is 1. The number of H-pyrrole nitrogens is 1. The smallest absolute Gasteiger partial charge is 0.312 e. The lowest BCUT2D eigenvalue weighted by molar-refractivity contribution is -0.135. The monoisotopic (exact) mass is 333 g/mol. The number of halogens is 1. The fourth-order valence-corrected chi connectivity index (χ4v) is 3.26. The van der Waals surface area contributed by atoms with E-state index in [2.05, 4.69) is 4.98 Å². The van der Waals surface area contributed by atoms with E-state index in [0.29, 0.717) is 39.1 Å². The lowest BCUT2D eigenvalue weighted by Gasteiger charge is -2.24. The molecule has 0 bridgehead atoms. The fourth-order valence-electron chi connectivity index (χ4n) is 2.99. The topological polar surface area (TPSA) is 77.6 Å². The normalized spacial score (nSPS) is 18.5. The number of aromatic amines is 1. The summed E-state index contributed by atoms with van der Waals surface area (Å²) in [5.41, 5.74) is 1.49. The number of carbonyl (C=O) groups is 1. The Labute approximate surface area is 135 Å². The van der Waals surface area contributed by atoms with Crippen LogP contribution in [0.3, 0.4) is 0 Å². The van der Waals surface area contributed by atoms with Gasteiger partial charge in [-0.2, -0.15) is 0 Å². The molecule has 0 radical (unpaired) electrons. The minimum Gasteiger partial charge on any atom is -0.454 e. The Morgan fingerprint density at radius 1 is 1.17 bits per heavy atom. The maximum Gasteiger partial charge on any atom is 0.312 e. The first-order valence-corrected chi connectivity index (χ1v) is 7.44. The number of benzene rings is 1. The van der Waals surface area contributed by atoms with Crippen LogP contribution in [-0.2, 0) is 4.79 Å². The average molecular weight is 334 g/mol. The molecule has 1 aromatic carbocycles. The zero-order chi connectivity index (χ0) is 16.1. The first-order valence-electron chi connectivity index (χ1n) is 7.06. The van der Waals surface area contributed by atoms with Crippen molar-refractivity contribution < 1.29 is 19.0 Å². The van der Waals surface area contributed by atoms with E-state index >= 15 is 0 Å². The van der Waals surface area contributed by atoms with Crippen molar-refractivity contribution in [3.63, 3.8) is 0 Å². The van der Waals surface area contributed by atoms with Crippen molar-refractivity contribution in [3.05, 3.63) is 50.4 Å².